The van der Waals surface area contributed by atoms with E-state index in [0.717, 1.165) is 30.9 Å². The van der Waals surface area contributed by atoms with E-state index < -0.39 is 0 Å². The summed E-state index contributed by atoms with van der Waals surface area (Å²) in [4.78, 5) is 14.5. The van der Waals surface area contributed by atoms with Crippen molar-refractivity contribution in [2.45, 2.75) is 18.9 Å². The van der Waals surface area contributed by atoms with Crippen LogP contribution >= 0.6 is 0 Å². The molecule has 0 saturated carbocycles. The maximum Gasteiger partial charge on any atom is 0.253 e. The van der Waals surface area contributed by atoms with Gasteiger partial charge in [0.2, 0.25) is 0 Å². The largest absolute Gasteiger partial charge is 0.497 e. The quantitative estimate of drug-likeness (QED) is 0.714. The first-order valence-corrected chi connectivity index (χ1v) is 8.99. The molecule has 5 nitrogen and oxygen atoms in total. The van der Waals surface area contributed by atoms with E-state index in [1.807, 2.05) is 47.4 Å². The highest BCUT2D eigenvalue weighted by atomic mass is 16.5. The van der Waals surface area contributed by atoms with Gasteiger partial charge in [0.25, 0.3) is 5.91 Å². The molecule has 1 atom stereocenters. The van der Waals surface area contributed by atoms with E-state index in [2.05, 4.69) is 0 Å². The fourth-order valence-electron chi connectivity index (χ4n) is 3.07. The number of rotatable bonds is 7. The lowest BCUT2D eigenvalue weighted by molar-refractivity contribution is -0.00817. The second-order valence-electron chi connectivity index (χ2n) is 6.28. The lowest BCUT2D eigenvalue weighted by atomic mass is 10.1. The van der Waals surface area contributed by atoms with Gasteiger partial charge in [-0.15, -0.1) is 0 Å². The molecule has 5 heteroatoms. The molecule has 0 aliphatic carbocycles. The fourth-order valence-corrected chi connectivity index (χ4v) is 3.07. The average molecular weight is 355 g/mol. The first-order chi connectivity index (χ1) is 12.8. The standard InChI is InChI=1S/C21H25NO4/c1-24-18-11-9-17(10-12-18)21(23)22-13-5-8-20(16-22)26-15-14-25-19-6-3-2-4-7-19/h2-4,6-7,9-12,20H,5,8,13-16H2,1H3. The number of benzene rings is 2. The topological polar surface area (TPSA) is 48.0 Å². The van der Waals surface area contributed by atoms with Gasteiger partial charge in [0.1, 0.15) is 18.1 Å². The number of carbonyl (C=O) groups excluding carboxylic acids is 1. The Morgan fingerprint density at radius 2 is 1.81 bits per heavy atom. The minimum atomic E-state index is 0.0430. The molecule has 26 heavy (non-hydrogen) atoms. The molecule has 0 N–H and O–H groups in total. The number of amides is 1. The maximum atomic E-state index is 12.7. The third-order valence-corrected chi connectivity index (χ3v) is 4.45. The van der Waals surface area contributed by atoms with E-state index in [4.69, 9.17) is 14.2 Å². The summed E-state index contributed by atoms with van der Waals surface area (Å²) in [5.74, 6) is 1.64. The van der Waals surface area contributed by atoms with Crippen LogP contribution in [0.2, 0.25) is 0 Å². The summed E-state index contributed by atoms with van der Waals surface area (Å²) >= 11 is 0. The molecular formula is C21H25NO4. The summed E-state index contributed by atoms with van der Waals surface area (Å²) in [5, 5.41) is 0. The van der Waals surface area contributed by atoms with Gasteiger partial charge in [0, 0.05) is 18.7 Å². The Kier molecular flexibility index (Phi) is 6.50. The summed E-state index contributed by atoms with van der Waals surface area (Å²) in [6, 6.07) is 16.9. The summed E-state index contributed by atoms with van der Waals surface area (Å²) in [6.07, 6.45) is 1.98. The van der Waals surface area contributed by atoms with E-state index >= 15 is 0 Å². The molecule has 2 aromatic carbocycles. The number of nitrogens with zero attached hydrogens (tertiary/aromatic N) is 1. The third kappa shape index (κ3) is 4.99. The van der Waals surface area contributed by atoms with Crippen molar-refractivity contribution in [1.82, 2.24) is 4.90 Å². The van der Waals surface area contributed by atoms with Crippen LogP contribution in [-0.2, 0) is 4.74 Å². The number of hydrogen-bond acceptors (Lipinski definition) is 4. The summed E-state index contributed by atoms with van der Waals surface area (Å²) < 4.78 is 16.7. The Hall–Kier alpha value is -2.53. The molecule has 0 bridgehead atoms. The lowest BCUT2D eigenvalue weighted by Gasteiger charge is -2.32. The summed E-state index contributed by atoms with van der Waals surface area (Å²) in [6.45, 7) is 2.42. The van der Waals surface area contributed by atoms with E-state index in [-0.39, 0.29) is 12.0 Å². The molecule has 1 heterocycles. The molecule has 0 spiro atoms. The number of ether oxygens (including phenoxy) is 3. The van der Waals surface area contributed by atoms with Crippen LogP contribution in [0.25, 0.3) is 0 Å². The van der Waals surface area contributed by atoms with Crippen molar-refractivity contribution in [3.63, 3.8) is 0 Å². The molecule has 2 aromatic rings. The van der Waals surface area contributed by atoms with Gasteiger partial charge in [-0.25, -0.2) is 0 Å². The van der Waals surface area contributed by atoms with E-state index in [9.17, 15) is 4.79 Å². The second-order valence-corrected chi connectivity index (χ2v) is 6.28. The van der Waals surface area contributed by atoms with Crippen molar-refractivity contribution in [3.05, 3.63) is 60.2 Å². The maximum absolute atomic E-state index is 12.7. The summed E-state index contributed by atoms with van der Waals surface area (Å²) in [7, 11) is 1.62. The highest BCUT2D eigenvalue weighted by Gasteiger charge is 2.24. The molecule has 1 fully saturated rings. The minimum absolute atomic E-state index is 0.0430. The van der Waals surface area contributed by atoms with Crippen molar-refractivity contribution in [3.8, 4) is 11.5 Å². The SMILES string of the molecule is COc1ccc(C(=O)N2CCCC(OCCOc3ccccc3)C2)cc1. The summed E-state index contributed by atoms with van der Waals surface area (Å²) in [5.41, 5.74) is 0.680. The Morgan fingerprint density at radius 3 is 2.54 bits per heavy atom. The third-order valence-electron chi connectivity index (χ3n) is 4.45. The molecular weight excluding hydrogens is 330 g/mol. The number of hydrogen-bond donors (Lipinski definition) is 0. The molecule has 1 saturated heterocycles. The zero-order chi connectivity index (χ0) is 18.2. The smallest absolute Gasteiger partial charge is 0.253 e. The van der Waals surface area contributed by atoms with Gasteiger partial charge in [0.05, 0.1) is 19.8 Å². The Balaban J connectivity index is 1.45. The van der Waals surface area contributed by atoms with Crippen LogP contribution in [0, 0.1) is 0 Å². The zero-order valence-electron chi connectivity index (χ0n) is 15.1. The number of para-hydroxylation sites is 1. The Morgan fingerprint density at radius 1 is 1.04 bits per heavy atom. The van der Waals surface area contributed by atoms with Crippen LogP contribution in [0.1, 0.15) is 23.2 Å². The second kappa shape index (κ2) is 9.25. The van der Waals surface area contributed by atoms with Crippen LogP contribution in [-0.4, -0.2) is 50.3 Å². The van der Waals surface area contributed by atoms with Gasteiger partial charge < -0.3 is 19.1 Å². The predicted octanol–water partition coefficient (Wildman–Crippen LogP) is 3.40. The number of likely N-dealkylation sites (tertiary alicyclic amines) is 1. The van der Waals surface area contributed by atoms with Gasteiger partial charge in [-0.3, -0.25) is 4.79 Å². The first-order valence-electron chi connectivity index (χ1n) is 8.99. The molecule has 0 radical (unpaired) electrons. The Labute approximate surface area is 154 Å². The monoisotopic (exact) mass is 355 g/mol. The van der Waals surface area contributed by atoms with Crippen molar-refractivity contribution in [2.24, 2.45) is 0 Å². The number of piperidine rings is 1. The molecule has 3 rings (SSSR count). The normalized spacial score (nSPS) is 17.0. The van der Waals surface area contributed by atoms with Crippen molar-refractivity contribution in [1.29, 1.82) is 0 Å². The highest BCUT2D eigenvalue weighted by Crippen LogP contribution is 2.18. The van der Waals surface area contributed by atoms with Crippen LogP contribution < -0.4 is 9.47 Å². The number of carbonyl (C=O) groups is 1. The fraction of sp³-hybridized carbons (Fsp3) is 0.381. The Bertz CT molecular complexity index is 687. The number of methoxy groups -OCH3 is 1. The molecule has 1 amide bonds. The van der Waals surface area contributed by atoms with Crippen LogP contribution in [0.5, 0.6) is 11.5 Å². The van der Waals surface area contributed by atoms with Crippen LogP contribution in [0.4, 0.5) is 0 Å². The minimum Gasteiger partial charge on any atom is -0.497 e. The lowest BCUT2D eigenvalue weighted by Crippen LogP contribution is -2.43. The van der Waals surface area contributed by atoms with Crippen LogP contribution in [0.3, 0.4) is 0 Å². The van der Waals surface area contributed by atoms with Gasteiger partial charge in [0.15, 0.2) is 0 Å². The van der Waals surface area contributed by atoms with Crippen molar-refractivity contribution >= 4 is 5.91 Å². The van der Waals surface area contributed by atoms with Crippen LogP contribution in [0.15, 0.2) is 54.6 Å². The zero-order valence-corrected chi connectivity index (χ0v) is 15.1. The predicted molar refractivity (Wildman–Crippen MR) is 99.8 cm³/mol. The molecule has 138 valence electrons. The average Bonchev–Trinajstić information content (AvgIpc) is 2.72. The van der Waals surface area contributed by atoms with E-state index in [1.54, 1.807) is 19.2 Å². The van der Waals surface area contributed by atoms with E-state index in [0.29, 0.717) is 25.3 Å². The first kappa shape index (κ1) is 18.3. The molecule has 0 aromatic heterocycles. The van der Waals surface area contributed by atoms with Crippen molar-refractivity contribution in [2.75, 3.05) is 33.4 Å². The van der Waals surface area contributed by atoms with Gasteiger partial charge >= 0.3 is 0 Å². The van der Waals surface area contributed by atoms with Gasteiger partial charge in [-0.05, 0) is 49.2 Å². The van der Waals surface area contributed by atoms with Crippen molar-refractivity contribution < 1.29 is 19.0 Å². The molecule has 1 unspecified atom stereocenters. The van der Waals surface area contributed by atoms with Gasteiger partial charge in [-0.1, -0.05) is 18.2 Å². The van der Waals surface area contributed by atoms with E-state index in [1.165, 1.54) is 0 Å². The van der Waals surface area contributed by atoms with Gasteiger partial charge in [-0.2, -0.15) is 0 Å². The molecule has 1 aliphatic rings. The highest BCUT2D eigenvalue weighted by molar-refractivity contribution is 5.94. The molecule has 1 aliphatic heterocycles.